The van der Waals surface area contributed by atoms with Crippen LogP contribution in [0.1, 0.15) is 30.6 Å². The zero-order valence-electron chi connectivity index (χ0n) is 9.69. The first-order chi connectivity index (χ1) is 8.18. The van der Waals surface area contributed by atoms with E-state index in [1.165, 1.54) is 6.08 Å². The molecule has 1 aromatic heterocycles. The van der Waals surface area contributed by atoms with Crippen molar-refractivity contribution in [3.8, 4) is 0 Å². The van der Waals surface area contributed by atoms with Gasteiger partial charge in [0.25, 0.3) is 0 Å². The minimum Gasteiger partial charge on any atom is -0.388 e. The van der Waals surface area contributed by atoms with Crippen molar-refractivity contribution in [3.63, 3.8) is 0 Å². The van der Waals surface area contributed by atoms with Crippen LogP contribution in [0.4, 0.5) is 0 Å². The van der Waals surface area contributed by atoms with Gasteiger partial charge in [0.15, 0.2) is 0 Å². The molecule has 0 bridgehead atoms. The monoisotopic (exact) mass is 251 g/mol. The number of carbonyl (C=O) groups excluding carboxylic acids is 1. The minimum atomic E-state index is -0.674. The highest BCUT2D eigenvalue weighted by atomic mass is 32.1. The fraction of sp³-hybridized carbons (Fsp3) is 0.462. The molecule has 17 heavy (non-hydrogen) atoms. The third-order valence-electron chi connectivity index (χ3n) is 3.07. The van der Waals surface area contributed by atoms with Crippen molar-refractivity contribution in [2.75, 3.05) is 6.54 Å². The fourth-order valence-corrected chi connectivity index (χ4v) is 2.68. The van der Waals surface area contributed by atoms with Gasteiger partial charge in [0.05, 0.1) is 5.60 Å². The Kier molecular flexibility index (Phi) is 3.97. The van der Waals surface area contributed by atoms with Gasteiger partial charge in [-0.1, -0.05) is 18.9 Å². The summed E-state index contributed by atoms with van der Waals surface area (Å²) in [6.07, 6.45) is 7.00. The van der Waals surface area contributed by atoms with E-state index in [2.05, 4.69) is 5.32 Å². The van der Waals surface area contributed by atoms with Crippen LogP contribution in [0.15, 0.2) is 23.6 Å². The summed E-state index contributed by atoms with van der Waals surface area (Å²) in [5.74, 6) is -0.140. The maximum atomic E-state index is 11.5. The van der Waals surface area contributed by atoms with Crippen LogP contribution in [0.2, 0.25) is 0 Å². The molecule has 4 heteroatoms. The first-order valence-electron chi connectivity index (χ1n) is 5.90. The van der Waals surface area contributed by atoms with Crippen molar-refractivity contribution < 1.29 is 9.90 Å². The van der Waals surface area contributed by atoms with Crippen LogP contribution in [0.5, 0.6) is 0 Å². The molecule has 1 aliphatic carbocycles. The van der Waals surface area contributed by atoms with Crippen molar-refractivity contribution in [1.82, 2.24) is 5.32 Å². The molecule has 2 rings (SSSR count). The largest absolute Gasteiger partial charge is 0.388 e. The van der Waals surface area contributed by atoms with Crippen molar-refractivity contribution in [3.05, 3.63) is 28.5 Å². The lowest BCUT2D eigenvalue weighted by Gasteiger charge is -2.21. The molecule has 1 saturated carbocycles. The number of hydrogen-bond acceptors (Lipinski definition) is 3. The lowest BCUT2D eigenvalue weighted by molar-refractivity contribution is -0.117. The number of nitrogens with one attached hydrogen (secondary N) is 1. The van der Waals surface area contributed by atoms with Crippen molar-refractivity contribution in [2.24, 2.45) is 0 Å². The summed E-state index contributed by atoms with van der Waals surface area (Å²) in [7, 11) is 0. The normalized spacial score (nSPS) is 18.6. The van der Waals surface area contributed by atoms with Crippen LogP contribution >= 0.6 is 11.3 Å². The van der Waals surface area contributed by atoms with E-state index in [0.29, 0.717) is 6.54 Å². The molecule has 2 N–H and O–H groups in total. The van der Waals surface area contributed by atoms with Crippen molar-refractivity contribution in [1.29, 1.82) is 0 Å². The average molecular weight is 251 g/mol. The number of amides is 1. The molecule has 0 aliphatic heterocycles. The smallest absolute Gasteiger partial charge is 0.244 e. The average Bonchev–Trinajstić information content (AvgIpc) is 2.95. The maximum absolute atomic E-state index is 11.5. The molecule has 1 aliphatic rings. The van der Waals surface area contributed by atoms with Crippen LogP contribution in [0.3, 0.4) is 0 Å². The molecule has 0 radical (unpaired) electrons. The summed E-state index contributed by atoms with van der Waals surface area (Å²) < 4.78 is 0. The number of aliphatic hydroxyl groups is 1. The number of thiophene rings is 1. The number of hydrogen-bond donors (Lipinski definition) is 2. The van der Waals surface area contributed by atoms with Gasteiger partial charge in [-0.05, 0) is 30.4 Å². The Bertz CT molecular complexity index is 392. The van der Waals surface area contributed by atoms with Crippen LogP contribution in [0.25, 0.3) is 6.08 Å². The van der Waals surface area contributed by atoms with E-state index < -0.39 is 5.60 Å². The zero-order chi connectivity index (χ0) is 12.1. The van der Waals surface area contributed by atoms with Gasteiger partial charge in [-0.2, -0.15) is 0 Å². The third kappa shape index (κ3) is 3.68. The first-order valence-corrected chi connectivity index (χ1v) is 6.78. The van der Waals surface area contributed by atoms with Crippen LogP contribution in [0, 0.1) is 0 Å². The molecule has 1 amide bonds. The summed E-state index contributed by atoms with van der Waals surface area (Å²) >= 11 is 1.59. The van der Waals surface area contributed by atoms with Gasteiger partial charge in [0.2, 0.25) is 5.91 Å². The molecule has 92 valence electrons. The van der Waals surface area contributed by atoms with E-state index in [0.717, 1.165) is 30.6 Å². The van der Waals surface area contributed by atoms with Gasteiger partial charge < -0.3 is 10.4 Å². The Balaban J connectivity index is 1.78. The Labute approximate surface area is 105 Å². The quantitative estimate of drug-likeness (QED) is 0.806. The predicted octanol–water partition coefficient (Wildman–Crippen LogP) is 2.18. The standard InChI is InChI=1S/C13H17NO2S/c15-12(6-5-11-4-3-9-17-11)14-10-13(16)7-1-2-8-13/h3-6,9,16H,1-2,7-8,10H2,(H,14,15)/b6-5+. The zero-order valence-corrected chi connectivity index (χ0v) is 10.5. The van der Waals surface area contributed by atoms with E-state index >= 15 is 0 Å². The van der Waals surface area contributed by atoms with Crippen molar-refractivity contribution >= 4 is 23.3 Å². The van der Waals surface area contributed by atoms with Gasteiger partial charge in [0.1, 0.15) is 0 Å². The SMILES string of the molecule is O=C(/C=C/c1cccs1)NCC1(O)CCCC1. The van der Waals surface area contributed by atoms with E-state index in [-0.39, 0.29) is 5.91 Å². The predicted molar refractivity (Wildman–Crippen MR) is 69.8 cm³/mol. The molecule has 1 heterocycles. The second-order valence-corrected chi connectivity index (χ2v) is 5.48. The Morgan fingerprint density at radius 2 is 2.29 bits per heavy atom. The van der Waals surface area contributed by atoms with E-state index in [9.17, 15) is 9.90 Å². The van der Waals surface area contributed by atoms with Crippen LogP contribution < -0.4 is 5.32 Å². The van der Waals surface area contributed by atoms with Crippen LogP contribution in [-0.4, -0.2) is 23.2 Å². The summed E-state index contributed by atoms with van der Waals surface area (Å²) in [5, 5.41) is 14.8. The van der Waals surface area contributed by atoms with Crippen molar-refractivity contribution in [2.45, 2.75) is 31.3 Å². The molecule has 3 nitrogen and oxygen atoms in total. The first kappa shape index (κ1) is 12.3. The molecule has 0 atom stereocenters. The lowest BCUT2D eigenvalue weighted by Crippen LogP contribution is -2.40. The lowest BCUT2D eigenvalue weighted by atomic mass is 10.0. The van der Waals surface area contributed by atoms with E-state index in [4.69, 9.17) is 0 Å². The van der Waals surface area contributed by atoms with Crippen LogP contribution in [-0.2, 0) is 4.79 Å². The molecule has 1 aromatic rings. The maximum Gasteiger partial charge on any atom is 0.244 e. The summed E-state index contributed by atoms with van der Waals surface area (Å²) in [6.45, 7) is 0.362. The highest BCUT2D eigenvalue weighted by Gasteiger charge is 2.30. The molecule has 1 fully saturated rings. The topological polar surface area (TPSA) is 49.3 Å². The second kappa shape index (κ2) is 5.47. The third-order valence-corrected chi connectivity index (χ3v) is 3.91. The molecule has 0 unspecified atom stereocenters. The summed E-state index contributed by atoms with van der Waals surface area (Å²) in [6, 6.07) is 3.91. The fourth-order valence-electron chi connectivity index (χ4n) is 2.06. The summed E-state index contributed by atoms with van der Waals surface area (Å²) in [5.41, 5.74) is -0.674. The Morgan fingerprint density at radius 3 is 2.94 bits per heavy atom. The number of carbonyl (C=O) groups is 1. The number of rotatable bonds is 4. The van der Waals surface area contributed by atoms with Gasteiger partial charge >= 0.3 is 0 Å². The molecule has 0 spiro atoms. The van der Waals surface area contributed by atoms with Gasteiger partial charge in [0, 0.05) is 17.5 Å². The molecule has 0 saturated heterocycles. The summed E-state index contributed by atoms with van der Waals surface area (Å²) in [4.78, 5) is 12.6. The molecular weight excluding hydrogens is 234 g/mol. The van der Waals surface area contributed by atoms with Gasteiger partial charge in [-0.15, -0.1) is 11.3 Å². The Morgan fingerprint density at radius 1 is 1.53 bits per heavy atom. The second-order valence-electron chi connectivity index (χ2n) is 4.50. The molecular formula is C13H17NO2S. The van der Waals surface area contributed by atoms with E-state index in [1.54, 1.807) is 17.4 Å². The highest BCUT2D eigenvalue weighted by Crippen LogP contribution is 2.28. The Hall–Kier alpha value is -1.13. The minimum absolute atomic E-state index is 0.140. The van der Waals surface area contributed by atoms with E-state index in [1.807, 2.05) is 17.5 Å². The highest BCUT2D eigenvalue weighted by molar-refractivity contribution is 7.10. The van der Waals surface area contributed by atoms with Gasteiger partial charge in [-0.3, -0.25) is 4.79 Å². The molecule has 0 aromatic carbocycles. The van der Waals surface area contributed by atoms with Gasteiger partial charge in [-0.25, -0.2) is 0 Å².